The van der Waals surface area contributed by atoms with Crippen molar-refractivity contribution in [2.75, 3.05) is 5.32 Å². The SMILES string of the molecule is O=C(Nc1ccncn1)c1ccc(C(=O)c2ccccc2)cc1. The Bertz CT molecular complexity index is 816. The van der Waals surface area contributed by atoms with E-state index in [0.717, 1.165) is 0 Å². The van der Waals surface area contributed by atoms with Crippen LogP contribution in [0.1, 0.15) is 26.3 Å². The van der Waals surface area contributed by atoms with Gasteiger partial charge in [-0.05, 0) is 18.2 Å². The lowest BCUT2D eigenvalue weighted by Crippen LogP contribution is -2.13. The van der Waals surface area contributed by atoms with Crippen molar-refractivity contribution in [3.8, 4) is 0 Å². The molecule has 0 radical (unpaired) electrons. The Balaban J connectivity index is 1.74. The van der Waals surface area contributed by atoms with Gasteiger partial charge < -0.3 is 5.32 Å². The normalized spacial score (nSPS) is 10.1. The maximum atomic E-state index is 12.3. The molecule has 5 heteroatoms. The Morgan fingerprint density at radius 1 is 0.783 bits per heavy atom. The monoisotopic (exact) mass is 303 g/mol. The zero-order valence-corrected chi connectivity index (χ0v) is 12.1. The summed E-state index contributed by atoms with van der Waals surface area (Å²) in [6.07, 6.45) is 2.90. The third-order valence-electron chi connectivity index (χ3n) is 3.27. The smallest absolute Gasteiger partial charge is 0.256 e. The molecule has 0 bridgehead atoms. The topological polar surface area (TPSA) is 72.0 Å². The number of nitrogens with one attached hydrogen (secondary N) is 1. The van der Waals surface area contributed by atoms with E-state index in [1.54, 1.807) is 48.7 Å². The van der Waals surface area contributed by atoms with Crippen LogP contribution in [0.5, 0.6) is 0 Å². The Labute approximate surface area is 133 Å². The Morgan fingerprint density at radius 2 is 1.43 bits per heavy atom. The highest BCUT2D eigenvalue weighted by atomic mass is 16.1. The summed E-state index contributed by atoms with van der Waals surface area (Å²) in [5, 5.41) is 2.66. The predicted molar refractivity (Wildman–Crippen MR) is 86.3 cm³/mol. The van der Waals surface area contributed by atoms with Gasteiger partial charge in [0, 0.05) is 22.9 Å². The number of carbonyl (C=O) groups is 2. The van der Waals surface area contributed by atoms with E-state index in [1.807, 2.05) is 18.2 Å². The molecule has 2 aromatic carbocycles. The molecule has 1 N–H and O–H groups in total. The number of ketones is 1. The van der Waals surface area contributed by atoms with Crippen molar-refractivity contribution >= 4 is 17.5 Å². The first-order chi connectivity index (χ1) is 11.2. The summed E-state index contributed by atoms with van der Waals surface area (Å²) in [5.74, 6) is 0.0604. The van der Waals surface area contributed by atoms with E-state index in [-0.39, 0.29) is 11.7 Å². The van der Waals surface area contributed by atoms with Crippen LogP contribution in [0, 0.1) is 0 Å². The van der Waals surface area contributed by atoms with Gasteiger partial charge in [0.05, 0.1) is 0 Å². The fourth-order valence-corrected chi connectivity index (χ4v) is 2.08. The van der Waals surface area contributed by atoms with Crippen LogP contribution in [0.3, 0.4) is 0 Å². The van der Waals surface area contributed by atoms with Gasteiger partial charge in [0.2, 0.25) is 0 Å². The van der Waals surface area contributed by atoms with Crippen LogP contribution in [0.4, 0.5) is 5.82 Å². The van der Waals surface area contributed by atoms with Crippen LogP contribution in [0.25, 0.3) is 0 Å². The van der Waals surface area contributed by atoms with Gasteiger partial charge in [0.25, 0.3) is 5.91 Å². The number of amides is 1. The molecule has 3 aromatic rings. The number of carbonyl (C=O) groups excluding carboxylic acids is 2. The van der Waals surface area contributed by atoms with E-state index < -0.39 is 0 Å². The fourth-order valence-electron chi connectivity index (χ4n) is 2.08. The molecule has 0 saturated heterocycles. The van der Waals surface area contributed by atoms with Crippen LogP contribution < -0.4 is 5.32 Å². The van der Waals surface area contributed by atoms with Crippen molar-refractivity contribution in [3.63, 3.8) is 0 Å². The largest absolute Gasteiger partial charge is 0.306 e. The van der Waals surface area contributed by atoms with Gasteiger partial charge in [-0.15, -0.1) is 0 Å². The van der Waals surface area contributed by atoms with Gasteiger partial charge in [0.15, 0.2) is 5.78 Å². The lowest BCUT2D eigenvalue weighted by molar-refractivity contribution is 0.101. The highest BCUT2D eigenvalue weighted by Crippen LogP contribution is 2.12. The average Bonchev–Trinajstić information content (AvgIpc) is 2.63. The molecule has 112 valence electrons. The number of aromatic nitrogens is 2. The molecular weight excluding hydrogens is 290 g/mol. The molecule has 1 heterocycles. The maximum absolute atomic E-state index is 12.3. The van der Waals surface area contributed by atoms with E-state index in [4.69, 9.17) is 0 Å². The van der Waals surface area contributed by atoms with E-state index in [2.05, 4.69) is 15.3 Å². The maximum Gasteiger partial charge on any atom is 0.256 e. The van der Waals surface area contributed by atoms with E-state index in [1.165, 1.54) is 6.33 Å². The van der Waals surface area contributed by atoms with Crippen molar-refractivity contribution in [2.45, 2.75) is 0 Å². The van der Waals surface area contributed by atoms with Crippen LogP contribution in [0.15, 0.2) is 73.2 Å². The van der Waals surface area contributed by atoms with Gasteiger partial charge in [-0.2, -0.15) is 0 Å². The molecule has 23 heavy (non-hydrogen) atoms. The number of rotatable bonds is 4. The molecule has 0 saturated carbocycles. The molecule has 0 fully saturated rings. The fraction of sp³-hybridized carbons (Fsp3) is 0. The number of nitrogens with zero attached hydrogens (tertiary/aromatic N) is 2. The van der Waals surface area contributed by atoms with Crippen molar-refractivity contribution < 1.29 is 9.59 Å². The zero-order valence-electron chi connectivity index (χ0n) is 12.1. The molecule has 0 spiro atoms. The highest BCUT2D eigenvalue weighted by Gasteiger charge is 2.11. The van der Waals surface area contributed by atoms with Crippen LogP contribution >= 0.6 is 0 Å². The van der Waals surface area contributed by atoms with Crippen molar-refractivity contribution in [2.24, 2.45) is 0 Å². The van der Waals surface area contributed by atoms with Gasteiger partial charge in [-0.1, -0.05) is 42.5 Å². The van der Waals surface area contributed by atoms with Gasteiger partial charge in [-0.25, -0.2) is 9.97 Å². The number of benzene rings is 2. The second-order valence-corrected chi connectivity index (χ2v) is 4.82. The van der Waals surface area contributed by atoms with Crippen LogP contribution in [-0.4, -0.2) is 21.7 Å². The molecular formula is C18H13N3O2. The van der Waals surface area contributed by atoms with Gasteiger partial charge in [0.1, 0.15) is 12.1 Å². The molecule has 0 aliphatic carbocycles. The van der Waals surface area contributed by atoms with Crippen LogP contribution in [-0.2, 0) is 0 Å². The van der Waals surface area contributed by atoms with Gasteiger partial charge in [-0.3, -0.25) is 9.59 Å². The Kier molecular flexibility index (Phi) is 4.20. The van der Waals surface area contributed by atoms with E-state index in [9.17, 15) is 9.59 Å². The first-order valence-corrected chi connectivity index (χ1v) is 7.01. The van der Waals surface area contributed by atoms with Crippen molar-refractivity contribution in [1.82, 2.24) is 9.97 Å². The second kappa shape index (κ2) is 6.62. The number of hydrogen-bond donors (Lipinski definition) is 1. The van der Waals surface area contributed by atoms with E-state index in [0.29, 0.717) is 22.5 Å². The molecule has 1 amide bonds. The molecule has 0 atom stereocenters. The summed E-state index contributed by atoms with van der Waals surface area (Å²) in [6, 6.07) is 17.1. The highest BCUT2D eigenvalue weighted by molar-refractivity contribution is 6.10. The zero-order chi connectivity index (χ0) is 16.1. The molecule has 0 unspecified atom stereocenters. The quantitative estimate of drug-likeness (QED) is 0.752. The third-order valence-corrected chi connectivity index (χ3v) is 3.27. The second-order valence-electron chi connectivity index (χ2n) is 4.82. The average molecular weight is 303 g/mol. The Hall–Kier alpha value is -3.34. The summed E-state index contributed by atoms with van der Waals surface area (Å²) in [7, 11) is 0. The molecule has 5 nitrogen and oxygen atoms in total. The summed E-state index contributed by atoms with van der Waals surface area (Å²) in [6.45, 7) is 0. The first kappa shape index (κ1) is 14.6. The van der Waals surface area contributed by atoms with Crippen molar-refractivity contribution in [1.29, 1.82) is 0 Å². The lowest BCUT2D eigenvalue weighted by atomic mass is 10.0. The number of anilines is 1. The summed E-state index contributed by atoms with van der Waals surface area (Å²) < 4.78 is 0. The van der Waals surface area contributed by atoms with E-state index >= 15 is 0 Å². The molecule has 3 rings (SSSR count). The Morgan fingerprint density at radius 3 is 2.09 bits per heavy atom. The number of hydrogen-bond acceptors (Lipinski definition) is 4. The molecule has 0 aliphatic heterocycles. The lowest BCUT2D eigenvalue weighted by Gasteiger charge is -2.05. The molecule has 0 aliphatic rings. The standard InChI is InChI=1S/C18H13N3O2/c22-17(13-4-2-1-3-5-13)14-6-8-15(9-7-14)18(23)21-16-10-11-19-12-20-16/h1-12H,(H,19,20,21,23). The minimum absolute atomic E-state index is 0.0756. The summed E-state index contributed by atoms with van der Waals surface area (Å²) in [5.41, 5.74) is 1.61. The first-order valence-electron chi connectivity index (χ1n) is 7.01. The molecule has 1 aromatic heterocycles. The van der Waals surface area contributed by atoms with Crippen LogP contribution in [0.2, 0.25) is 0 Å². The summed E-state index contributed by atoms with van der Waals surface area (Å²) >= 11 is 0. The predicted octanol–water partition coefficient (Wildman–Crippen LogP) is 2.96. The minimum Gasteiger partial charge on any atom is -0.306 e. The third kappa shape index (κ3) is 3.47. The van der Waals surface area contributed by atoms with Gasteiger partial charge >= 0.3 is 0 Å². The minimum atomic E-state index is -0.289. The van der Waals surface area contributed by atoms with Crippen molar-refractivity contribution in [3.05, 3.63) is 89.9 Å². The summed E-state index contributed by atoms with van der Waals surface area (Å²) in [4.78, 5) is 32.1.